The van der Waals surface area contributed by atoms with E-state index in [0.29, 0.717) is 11.8 Å². The number of aliphatic hydroxyl groups is 1. The van der Waals surface area contributed by atoms with Gasteiger partial charge in [-0.25, -0.2) is 4.98 Å². The van der Waals surface area contributed by atoms with Crippen LogP contribution in [0.2, 0.25) is 0 Å². The second-order valence-corrected chi connectivity index (χ2v) is 6.60. The minimum Gasteiger partial charge on any atom is -0.481 e. The Hall–Kier alpha value is -2.18. The maximum absolute atomic E-state index is 10.8. The molecule has 6 heteroatoms. The highest BCUT2D eigenvalue weighted by molar-refractivity contribution is 5.46. The van der Waals surface area contributed by atoms with Crippen LogP contribution in [0.5, 0.6) is 5.88 Å². The Morgan fingerprint density at radius 1 is 1.25 bits per heavy atom. The number of piperidine rings is 1. The van der Waals surface area contributed by atoms with Gasteiger partial charge in [0.2, 0.25) is 11.8 Å². The van der Waals surface area contributed by atoms with Crippen LogP contribution in [-0.2, 0) is 5.41 Å². The van der Waals surface area contributed by atoms with Gasteiger partial charge in [-0.3, -0.25) is 0 Å². The molecule has 1 aromatic heterocycles. The number of hydrogen-bond acceptors (Lipinski definition) is 6. The first-order valence-electron chi connectivity index (χ1n) is 8.31. The first-order chi connectivity index (χ1) is 11.7. The van der Waals surface area contributed by atoms with Gasteiger partial charge in [-0.05, 0) is 24.0 Å². The lowest BCUT2D eigenvalue weighted by atomic mass is 9.72. The van der Waals surface area contributed by atoms with E-state index < -0.39 is 6.10 Å². The molecule has 1 aliphatic heterocycles. The van der Waals surface area contributed by atoms with Crippen molar-refractivity contribution < 1.29 is 9.84 Å². The van der Waals surface area contributed by atoms with Gasteiger partial charge in [0, 0.05) is 30.8 Å². The normalized spacial score (nSPS) is 24.9. The van der Waals surface area contributed by atoms with Crippen LogP contribution in [0.25, 0.3) is 0 Å². The molecule has 0 saturated carbocycles. The molecule has 24 heavy (non-hydrogen) atoms. The zero-order chi connectivity index (χ0) is 16.7. The van der Waals surface area contributed by atoms with Gasteiger partial charge < -0.3 is 20.5 Å². The maximum Gasteiger partial charge on any atom is 0.228 e. The second-order valence-electron chi connectivity index (χ2n) is 6.60. The van der Waals surface area contributed by atoms with Crippen LogP contribution in [-0.4, -0.2) is 41.4 Å². The molecule has 0 unspecified atom stereocenters. The number of aromatic nitrogens is 2. The molecular formula is C18H22N4O2. The predicted molar refractivity (Wildman–Crippen MR) is 91.1 cm³/mol. The van der Waals surface area contributed by atoms with Crippen molar-refractivity contribution >= 4 is 5.95 Å². The first-order valence-corrected chi connectivity index (χ1v) is 8.31. The molecule has 1 fully saturated rings. The van der Waals surface area contributed by atoms with Gasteiger partial charge in [0.1, 0.15) is 0 Å². The van der Waals surface area contributed by atoms with Crippen molar-refractivity contribution in [2.45, 2.75) is 30.4 Å². The standard InChI is InChI=1S/C18H22N4O2/c1-24-14-6-9-20-17(21-14)22-10-7-18(8-11-22)13-5-3-2-4-12(13)15(19)16(18)23/h2-6,9,15-16,23H,7-8,10-11,19H2,1H3/t15-,16+/m1/s1. The van der Waals surface area contributed by atoms with E-state index >= 15 is 0 Å². The van der Waals surface area contributed by atoms with Crippen LogP contribution in [0, 0.1) is 0 Å². The summed E-state index contributed by atoms with van der Waals surface area (Å²) in [7, 11) is 1.60. The van der Waals surface area contributed by atoms with Crippen molar-refractivity contribution in [3.05, 3.63) is 47.7 Å². The van der Waals surface area contributed by atoms with E-state index in [0.717, 1.165) is 31.5 Å². The van der Waals surface area contributed by atoms with Crippen molar-refractivity contribution in [2.24, 2.45) is 5.73 Å². The van der Waals surface area contributed by atoms with E-state index in [1.807, 2.05) is 18.2 Å². The molecule has 1 aliphatic carbocycles. The molecule has 0 amide bonds. The summed E-state index contributed by atoms with van der Waals surface area (Å²) in [6, 6.07) is 9.61. The molecule has 126 valence electrons. The zero-order valence-electron chi connectivity index (χ0n) is 13.7. The third kappa shape index (κ3) is 2.17. The third-order valence-corrected chi connectivity index (χ3v) is 5.53. The topological polar surface area (TPSA) is 84.5 Å². The highest BCUT2D eigenvalue weighted by atomic mass is 16.5. The lowest BCUT2D eigenvalue weighted by Crippen LogP contribution is -2.49. The van der Waals surface area contributed by atoms with Crippen molar-refractivity contribution in [1.29, 1.82) is 0 Å². The predicted octanol–water partition coefficient (Wildman–Crippen LogP) is 1.40. The molecule has 3 N–H and O–H groups in total. The lowest BCUT2D eigenvalue weighted by molar-refractivity contribution is 0.0581. The molecule has 4 rings (SSSR count). The fourth-order valence-corrected chi connectivity index (χ4v) is 4.18. The van der Waals surface area contributed by atoms with E-state index in [-0.39, 0.29) is 11.5 Å². The number of nitrogens with zero attached hydrogens (tertiary/aromatic N) is 3. The quantitative estimate of drug-likeness (QED) is 0.868. The molecule has 0 radical (unpaired) electrons. The number of nitrogens with two attached hydrogens (primary N) is 1. The Balaban J connectivity index is 1.60. The van der Waals surface area contributed by atoms with E-state index in [2.05, 4.69) is 20.9 Å². The maximum atomic E-state index is 10.8. The molecule has 1 spiro atoms. The molecule has 2 atom stereocenters. The summed E-state index contributed by atoms with van der Waals surface area (Å²) < 4.78 is 5.18. The number of hydrogen-bond donors (Lipinski definition) is 2. The smallest absolute Gasteiger partial charge is 0.228 e. The molecule has 6 nitrogen and oxygen atoms in total. The zero-order valence-corrected chi connectivity index (χ0v) is 13.7. The van der Waals surface area contributed by atoms with Crippen LogP contribution >= 0.6 is 0 Å². The number of aliphatic hydroxyl groups excluding tert-OH is 1. The van der Waals surface area contributed by atoms with Crippen LogP contribution in [0.1, 0.15) is 30.0 Å². The van der Waals surface area contributed by atoms with Crippen molar-refractivity contribution in [2.75, 3.05) is 25.1 Å². The van der Waals surface area contributed by atoms with Gasteiger partial charge >= 0.3 is 0 Å². The molecule has 2 heterocycles. The summed E-state index contributed by atoms with van der Waals surface area (Å²) in [4.78, 5) is 10.9. The molecule has 0 bridgehead atoms. The monoisotopic (exact) mass is 326 g/mol. The Morgan fingerprint density at radius 2 is 2.00 bits per heavy atom. The highest BCUT2D eigenvalue weighted by Gasteiger charge is 2.51. The van der Waals surface area contributed by atoms with Crippen LogP contribution in [0.4, 0.5) is 5.95 Å². The summed E-state index contributed by atoms with van der Waals surface area (Å²) in [5.41, 5.74) is 8.30. The minimum absolute atomic E-state index is 0.259. The number of benzene rings is 1. The van der Waals surface area contributed by atoms with Gasteiger partial charge in [-0.15, -0.1) is 0 Å². The summed E-state index contributed by atoms with van der Waals surface area (Å²) in [5.74, 6) is 1.24. The molecule has 2 aliphatic rings. The Kier molecular flexibility index (Phi) is 3.66. The van der Waals surface area contributed by atoms with E-state index in [1.54, 1.807) is 19.4 Å². The number of anilines is 1. The van der Waals surface area contributed by atoms with Crippen LogP contribution in [0.15, 0.2) is 36.5 Å². The van der Waals surface area contributed by atoms with Gasteiger partial charge in [0.25, 0.3) is 0 Å². The Labute approximate surface area is 141 Å². The minimum atomic E-state index is -0.539. The van der Waals surface area contributed by atoms with Gasteiger partial charge in [0.15, 0.2) is 0 Å². The number of ether oxygens (including phenoxy) is 1. The average molecular weight is 326 g/mol. The summed E-state index contributed by atoms with van der Waals surface area (Å²) in [6.07, 6.45) is 2.84. The van der Waals surface area contributed by atoms with Crippen molar-refractivity contribution in [3.8, 4) is 5.88 Å². The fraction of sp³-hybridized carbons (Fsp3) is 0.444. The molecule has 1 aromatic carbocycles. The average Bonchev–Trinajstić information content (AvgIpc) is 2.85. The Morgan fingerprint density at radius 3 is 2.75 bits per heavy atom. The van der Waals surface area contributed by atoms with Crippen LogP contribution in [0.3, 0.4) is 0 Å². The van der Waals surface area contributed by atoms with Crippen LogP contribution < -0.4 is 15.4 Å². The number of methoxy groups -OCH3 is 1. The van der Waals surface area contributed by atoms with Gasteiger partial charge in [-0.2, -0.15) is 4.98 Å². The summed E-state index contributed by atoms with van der Waals surface area (Å²) >= 11 is 0. The third-order valence-electron chi connectivity index (χ3n) is 5.53. The van der Waals surface area contributed by atoms with E-state index in [9.17, 15) is 5.11 Å². The lowest BCUT2D eigenvalue weighted by Gasteiger charge is -2.42. The second kappa shape index (κ2) is 5.72. The van der Waals surface area contributed by atoms with Gasteiger partial charge in [-0.1, -0.05) is 24.3 Å². The van der Waals surface area contributed by atoms with Crippen molar-refractivity contribution in [1.82, 2.24) is 9.97 Å². The first kappa shape index (κ1) is 15.4. The Bertz CT molecular complexity index is 743. The highest BCUT2D eigenvalue weighted by Crippen LogP contribution is 2.50. The van der Waals surface area contributed by atoms with Gasteiger partial charge in [0.05, 0.1) is 19.3 Å². The van der Waals surface area contributed by atoms with Crippen molar-refractivity contribution in [3.63, 3.8) is 0 Å². The number of fused-ring (bicyclic) bond motifs is 2. The SMILES string of the molecule is COc1ccnc(N2CCC3(CC2)c2ccccc2[C@@H](N)[C@@H]3O)n1. The molecule has 2 aromatic rings. The number of rotatable bonds is 2. The van der Waals surface area contributed by atoms with E-state index in [4.69, 9.17) is 10.5 Å². The van der Waals surface area contributed by atoms with E-state index in [1.165, 1.54) is 5.56 Å². The molecular weight excluding hydrogens is 304 g/mol. The fourth-order valence-electron chi connectivity index (χ4n) is 4.18. The summed E-state index contributed by atoms with van der Waals surface area (Å²) in [5, 5.41) is 10.8. The largest absolute Gasteiger partial charge is 0.481 e. The summed E-state index contributed by atoms with van der Waals surface area (Å²) in [6.45, 7) is 1.57. The molecule has 1 saturated heterocycles.